The molecular formula is C15H25N3O2. The molecule has 5 nitrogen and oxygen atoms in total. The molecule has 0 atom stereocenters. The second-order valence-electron chi connectivity index (χ2n) is 4.61. The third-order valence-corrected chi connectivity index (χ3v) is 3.22. The van der Waals surface area contributed by atoms with Gasteiger partial charge >= 0.3 is 0 Å². The standard InChI is InChI=1S/C15H25N3O2/c1-4-18(10-11-20-5-2)12-15(19)17(3)14-8-6-13(16)7-9-14/h6-9H,4-5,10-12,16H2,1-3H3. The van der Waals surface area contributed by atoms with Crippen LogP contribution in [0.4, 0.5) is 11.4 Å². The lowest BCUT2D eigenvalue weighted by atomic mass is 10.2. The number of hydrogen-bond donors (Lipinski definition) is 1. The molecule has 0 aliphatic rings. The molecule has 0 radical (unpaired) electrons. The lowest BCUT2D eigenvalue weighted by Crippen LogP contribution is -2.39. The second kappa shape index (κ2) is 8.55. The van der Waals surface area contributed by atoms with Crippen molar-refractivity contribution in [1.29, 1.82) is 0 Å². The van der Waals surface area contributed by atoms with Crippen LogP contribution in [-0.4, -0.2) is 50.7 Å². The normalized spacial score (nSPS) is 10.8. The molecule has 0 saturated carbocycles. The van der Waals surface area contributed by atoms with Gasteiger partial charge in [-0.2, -0.15) is 0 Å². The SMILES string of the molecule is CCOCCN(CC)CC(=O)N(C)c1ccc(N)cc1. The van der Waals surface area contributed by atoms with Gasteiger partial charge in [0.25, 0.3) is 0 Å². The Balaban J connectivity index is 2.53. The first-order valence-corrected chi connectivity index (χ1v) is 7.00. The number of rotatable bonds is 8. The van der Waals surface area contributed by atoms with E-state index >= 15 is 0 Å². The van der Waals surface area contributed by atoms with Crippen molar-refractivity contribution in [1.82, 2.24) is 4.90 Å². The molecule has 1 aromatic carbocycles. The fourth-order valence-corrected chi connectivity index (χ4v) is 1.83. The van der Waals surface area contributed by atoms with Crippen molar-refractivity contribution >= 4 is 17.3 Å². The first kappa shape index (κ1) is 16.5. The van der Waals surface area contributed by atoms with E-state index in [0.29, 0.717) is 25.4 Å². The van der Waals surface area contributed by atoms with Crippen molar-refractivity contribution in [3.63, 3.8) is 0 Å². The van der Waals surface area contributed by atoms with Crippen molar-refractivity contribution in [2.45, 2.75) is 13.8 Å². The van der Waals surface area contributed by atoms with Gasteiger partial charge in [-0.1, -0.05) is 6.92 Å². The highest BCUT2D eigenvalue weighted by Crippen LogP contribution is 2.15. The van der Waals surface area contributed by atoms with Crippen LogP contribution in [0.2, 0.25) is 0 Å². The maximum absolute atomic E-state index is 12.2. The topological polar surface area (TPSA) is 58.8 Å². The molecule has 20 heavy (non-hydrogen) atoms. The fourth-order valence-electron chi connectivity index (χ4n) is 1.83. The van der Waals surface area contributed by atoms with Gasteiger partial charge in [0.1, 0.15) is 0 Å². The number of nitrogens with two attached hydrogens (primary N) is 1. The van der Waals surface area contributed by atoms with Gasteiger partial charge in [0.15, 0.2) is 0 Å². The van der Waals surface area contributed by atoms with Crippen LogP contribution in [0.15, 0.2) is 24.3 Å². The lowest BCUT2D eigenvalue weighted by molar-refractivity contribution is -0.119. The molecule has 1 rings (SSSR count). The Labute approximate surface area is 121 Å². The molecule has 0 heterocycles. The summed E-state index contributed by atoms with van der Waals surface area (Å²) in [6.07, 6.45) is 0. The molecule has 0 saturated heterocycles. The highest BCUT2D eigenvalue weighted by Gasteiger charge is 2.14. The summed E-state index contributed by atoms with van der Waals surface area (Å²) < 4.78 is 5.33. The Morgan fingerprint density at radius 2 is 1.90 bits per heavy atom. The fraction of sp³-hybridized carbons (Fsp3) is 0.533. The number of carbonyl (C=O) groups excluding carboxylic acids is 1. The Bertz CT molecular complexity index is 406. The van der Waals surface area contributed by atoms with E-state index in [9.17, 15) is 4.79 Å². The number of nitrogens with zero attached hydrogens (tertiary/aromatic N) is 2. The zero-order valence-corrected chi connectivity index (χ0v) is 12.6. The second-order valence-corrected chi connectivity index (χ2v) is 4.61. The van der Waals surface area contributed by atoms with E-state index in [4.69, 9.17) is 10.5 Å². The summed E-state index contributed by atoms with van der Waals surface area (Å²) in [7, 11) is 1.78. The summed E-state index contributed by atoms with van der Waals surface area (Å²) in [4.78, 5) is 16.0. The molecule has 0 unspecified atom stereocenters. The van der Waals surface area contributed by atoms with Crippen molar-refractivity contribution in [3.8, 4) is 0 Å². The third-order valence-electron chi connectivity index (χ3n) is 3.22. The van der Waals surface area contributed by atoms with E-state index < -0.39 is 0 Å². The molecule has 0 bridgehead atoms. The molecular weight excluding hydrogens is 254 g/mol. The zero-order valence-electron chi connectivity index (χ0n) is 12.6. The van der Waals surface area contributed by atoms with Crippen LogP contribution < -0.4 is 10.6 Å². The zero-order chi connectivity index (χ0) is 15.0. The van der Waals surface area contributed by atoms with Crippen LogP contribution in [0.5, 0.6) is 0 Å². The average Bonchev–Trinajstić information content (AvgIpc) is 2.46. The minimum atomic E-state index is 0.0631. The maximum Gasteiger partial charge on any atom is 0.240 e. The van der Waals surface area contributed by atoms with Gasteiger partial charge in [-0.05, 0) is 37.7 Å². The van der Waals surface area contributed by atoms with Gasteiger partial charge in [0, 0.05) is 31.6 Å². The van der Waals surface area contributed by atoms with E-state index in [1.54, 1.807) is 24.1 Å². The number of carbonyl (C=O) groups is 1. The summed E-state index contributed by atoms with van der Waals surface area (Å²) in [5, 5.41) is 0. The molecule has 0 fully saturated rings. The molecule has 0 aliphatic carbocycles. The predicted octanol–water partition coefficient (Wildman–Crippen LogP) is 1.59. The van der Waals surface area contributed by atoms with Gasteiger partial charge in [-0.15, -0.1) is 0 Å². The van der Waals surface area contributed by atoms with Crippen LogP contribution >= 0.6 is 0 Å². The Hall–Kier alpha value is -1.59. The summed E-state index contributed by atoms with van der Waals surface area (Å²) in [5.41, 5.74) is 7.20. The summed E-state index contributed by atoms with van der Waals surface area (Å²) >= 11 is 0. The largest absolute Gasteiger partial charge is 0.399 e. The van der Waals surface area contributed by atoms with Gasteiger partial charge < -0.3 is 15.4 Å². The smallest absolute Gasteiger partial charge is 0.240 e. The Morgan fingerprint density at radius 1 is 1.25 bits per heavy atom. The number of nitrogen functional groups attached to an aromatic ring is 1. The molecule has 1 aromatic rings. The number of ether oxygens (including phenoxy) is 1. The van der Waals surface area contributed by atoms with Crippen LogP contribution in [-0.2, 0) is 9.53 Å². The van der Waals surface area contributed by atoms with Gasteiger partial charge in [-0.3, -0.25) is 9.69 Å². The predicted molar refractivity (Wildman–Crippen MR) is 82.9 cm³/mol. The molecule has 5 heteroatoms. The Morgan fingerprint density at radius 3 is 2.45 bits per heavy atom. The molecule has 0 aromatic heterocycles. The van der Waals surface area contributed by atoms with Crippen molar-refractivity contribution in [2.24, 2.45) is 0 Å². The van der Waals surface area contributed by atoms with Gasteiger partial charge in [0.05, 0.1) is 13.2 Å². The van der Waals surface area contributed by atoms with Gasteiger partial charge in [0.2, 0.25) is 5.91 Å². The number of hydrogen-bond acceptors (Lipinski definition) is 4. The van der Waals surface area contributed by atoms with E-state index in [1.165, 1.54) is 0 Å². The third kappa shape index (κ3) is 5.19. The summed E-state index contributed by atoms with van der Waals surface area (Å²) in [5.74, 6) is 0.0631. The first-order valence-electron chi connectivity index (χ1n) is 7.00. The number of anilines is 2. The van der Waals surface area contributed by atoms with Gasteiger partial charge in [-0.25, -0.2) is 0 Å². The molecule has 1 amide bonds. The maximum atomic E-state index is 12.2. The molecule has 2 N–H and O–H groups in total. The molecule has 0 aliphatic heterocycles. The highest BCUT2D eigenvalue weighted by atomic mass is 16.5. The van der Waals surface area contributed by atoms with Crippen molar-refractivity contribution in [3.05, 3.63) is 24.3 Å². The summed E-state index contributed by atoms with van der Waals surface area (Å²) in [6, 6.07) is 7.30. The lowest BCUT2D eigenvalue weighted by Gasteiger charge is -2.24. The number of likely N-dealkylation sites (N-methyl/N-ethyl adjacent to an activating group) is 2. The monoisotopic (exact) mass is 279 g/mol. The van der Waals surface area contributed by atoms with Crippen LogP contribution in [0.1, 0.15) is 13.8 Å². The molecule has 112 valence electrons. The van der Waals surface area contributed by atoms with Crippen LogP contribution in [0.3, 0.4) is 0 Å². The van der Waals surface area contributed by atoms with E-state index in [1.807, 2.05) is 26.0 Å². The minimum Gasteiger partial charge on any atom is -0.399 e. The van der Waals surface area contributed by atoms with E-state index in [0.717, 1.165) is 18.8 Å². The van der Waals surface area contributed by atoms with E-state index in [2.05, 4.69) is 4.90 Å². The average molecular weight is 279 g/mol. The van der Waals surface area contributed by atoms with E-state index in [-0.39, 0.29) is 5.91 Å². The van der Waals surface area contributed by atoms with Crippen LogP contribution in [0, 0.1) is 0 Å². The minimum absolute atomic E-state index is 0.0631. The van der Waals surface area contributed by atoms with Crippen molar-refractivity contribution in [2.75, 3.05) is 50.5 Å². The first-order chi connectivity index (χ1) is 9.58. The summed E-state index contributed by atoms with van der Waals surface area (Å²) in [6.45, 7) is 7.36. The number of amides is 1. The van der Waals surface area contributed by atoms with Crippen LogP contribution in [0.25, 0.3) is 0 Å². The molecule has 0 spiro atoms. The number of benzene rings is 1. The van der Waals surface area contributed by atoms with Crippen molar-refractivity contribution < 1.29 is 9.53 Å². The quantitative estimate of drug-likeness (QED) is 0.580. The Kier molecular flexibility index (Phi) is 7.04. The highest BCUT2D eigenvalue weighted by molar-refractivity contribution is 5.94.